The summed E-state index contributed by atoms with van der Waals surface area (Å²) in [6.07, 6.45) is 1.60. The third-order valence-electron chi connectivity index (χ3n) is 4.22. The van der Waals surface area contributed by atoms with Crippen LogP contribution >= 0.6 is 0 Å². The number of rotatable bonds is 5. The van der Waals surface area contributed by atoms with E-state index in [4.69, 9.17) is 9.47 Å². The second-order valence-electron chi connectivity index (χ2n) is 5.83. The van der Waals surface area contributed by atoms with Gasteiger partial charge in [0.2, 0.25) is 0 Å². The van der Waals surface area contributed by atoms with Crippen molar-refractivity contribution in [3.8, 4) is 11.5 Å². The number of hydrogen-bond acceptors (Lipinski definition) is 5. The standard InChI is InChI=1S/C19H21N3O4/c1-25-16-7-2-3-8-17(16)26-14-18(23)21-10-12-22(13-11-21)19(24)15-6-4-5-9-20-15/h2-9H,10-14H2,1H3. The third-order valence-corrected chi connectivity index (χ3v) is 4.22. The van der Waals surface area contributed by atoms with Gasteiger partial charge in [-0.05, 0) is 24.3 Å². The zero-order chi connectivity index (χ0) is 18.4. The van der Waals surface area contributed by atoms with Crippen LogP contribution in [0.1, 0.15) is 10.5 Å². The predicted molar refractivity (Wildman–Crippen MR) is 95.2 cm³/mol. The van der Waals surface area contributed by atoms with E-state index in [9.17, 15) is 9.59 Å². The topological polar surface area (TPSA) is 72.0 Å². The van der Waals surface area contributed by atoms with E-state index >= 15 is 0 Å². The number of amides is 2. The van der Waals surface area contributed by atoms with Crippen LogP contribution in [-0.2, 0) is 4.79 Å². The fraction of sp³-hybridized carbons (Fsp3) is 0.316. The molecule has 0 bridgehead atoms. The van der Waals surface area contributed by atoms with Crippen molar-refractivity contribution in [2.75, 3.05) is 39.9 Å². The molecule has 26 heavy (non-hydrogen) atoms. The maximum atomic E-state index is 12.4. The number of aromatic nitrogens is 1. The van der Waals surface area contributed by atoms with E-state index in [-0.39, 0.29) is 18.4 Å². The highest BCUT2D eigenvalue weighted by atomic mass is 16.5. The highest BCUT2D eigenvalue weighted by Crippen LogP contribution is 2.25. The molecule has 136 valence electrons. The summed E-state index contributed by atoms with van der Waals surface area (Å²) in [6.45, 7) is 1.86. The Labute approximate surface area is 152 Å². The Hall–Kier alpha value is -3.09. The molecule has 0 atom stereocenters. The largest absolute Gasteiger partial charge is 0.493 e. The van der Waals surface area contributed by atoms with Gasteiger partial charge in [-0.3, -0.25) is 14.6 Å². The molecule has 0 radical (unpaired) electrons. The van der Waals surface area contributed by atoms with Crippen molar-refractivity contribution >= 4 is 11.8 Å². The summed E-state index contributed by atoms with van der Waals surface area (Å²) >= 11 is 0. The summed E-state index contributed by atoms with van der Waals surface area (Å²) in [6, 6.07) is 12.5. The zero-order valence-electron chi connectivity index (χ0n) is 14.6. The first-order valence-corrected chi connectivity index (χ1v) is 8.43. The molecule has 1 saturated heterocycles. The Bertz CT molecular complexity index is 758. The lowest BCUT2D eigenvalue weighted by Crippen LogP contribution is -2.51. The monoisotopic (exact) mass is 355 g/mol. The minimum atomic E-state index is -0.110. The number of nitrogens with zero attached hydrogens (tertiary/aromatic N) is 3. The van der Waals surface area contributed by atoms with Gasteiger partial charge in [-0.2, -0.15) is 0 Å². The average molecular weight is 355 g/mol. The van der Waals surface area contributed by atoms with Crippen molar-refractivity contribution in [3.63, 3.8) is 0 Å². The van der Waals surface area contributed by atoms with E-state index < -0.39 is 0 Å². The van der Waals surface area contributed by atoms with Crippen LogP contribution in [-0.4, -0.2) is 66.5 Å². The number of hydrogen-bond donors (Lipinski definition) is 0. The zero-order valence-corrected chi connectivity index (χ0v) is 14.6. The van der Waals surface area contributed by atoms with Crippen LogP contribution in [0.5, 0.6) is 11.5 Å². The van der Waals surface area contributed by atoms with E-state index in [0.29, 0.717) is 43.4 Å². The number of para-hydroxylation sites is 2. The Morgan fingerprint density at radius 2 is 1.62 bits per heavy atom. The molecule has 2 heterocycles. The molecule has 0 saturated carbocycles. The van der Waals surface area contributed by atoms with E-state index in [1.807, 2.05) is 12.1 Å². The summed E-state index contributed by atoms with van der Waals surface area (Å²) in [5.74, 6) is 0.905. The van der Waals surface area contributed by atoms with Crippen LogP contribution in [0.15, 0.2) is 48.7 Å². The van der Waals surface area contributed by atoms with Crippen molar-refractivity contribution in [2.24, 2.45) is 0 Å². The fourth-order valence-electron chi connectivity index (χ4n) is 2.78. The van der Waals surface area contributed by atoms with Gasteiger partial charge in [-0.15, -0.1) is 0 Å². The van der Waals surface area contributed by atoms with Crippen LogP contribution in [0.2, 0.25) is 0 Å². The molecule has 2 amide bonds. The van der Waals surface area contributed by atoms with Gasteiger partial charge in [0.15, 0.2) is 18.1 Å². The number of methoxy groups -OCH3 is 1. The van der Waals surface area contributed by atoms with E-state index in [0.717, 1.165) is 0 Å². The van der Waals surface area contributed by atoms with Crippen molar-refractivity contribution in [3.05, 3.63) is 54.4 Å². The highest BCUT2D eigenvalue weighted by molar-refractivity contribution is 5.92. The Balaban J connectivity index is 1.50. The molecule has 0 unspecified atom stereocenters. The summed E-state index contributed by atoms with van der Waals surface area (Å²) in [5.41, 5.74) is 0.423. The Morgan fingerprint density at radius 3 is 2.27 bits per heavy atom. The first kappa shape index (κ1) is 17.7. The quantitative estimate of drug-likeness (QED) is 0.812. The smallest absolute Gasteiger partial charge is 0.272 e. The van der Waals surface area contributed by atoms with Crippen LogP contribution in [0.4, 0.5) is 0 Å². The molecule has 0 aliphatic carbocycles. The molecule has 1 aromatic heterocycles. The first-order chi connectivity index (χ1) is 12.7. The summed E-state index contributed by atoms with van der Waals surface area (Å²) < 4.78 is 10.8. The molecule has 7 nitrogen and oxygen atoms in total. The molecule has 1 aliphatic rings. The van der Waals surface area contributed by atoms with Crippen LogP contribution in [0.3, 0.4) is 0 Å². The molecular weight excluding hydrogens is 334 g/mol. The summed E-state index contributed by atoms with van der Waals surface area (Å²) in [7, 11) is 1.56. The number of benzene rings is 1. The van der Waals surface area contributed by atoms with Crippen molar-refractivity contribution in [1.82, 2.24) is 14.8 Å². The van der Waals surface area contributed by atoms with E-state index in [1.165, 1.54) is 0 Å². The lowest BCUT2D eigenvalue weighted by molar-refractivity contribution is -0.134. The molecule has 0 spiro atoms. The minimum Gasteiger partial charge on any atom is -0.493 e. The lowest BCUT2D eigenvalue weighted by atomic mass is 10.2. The molecule has 2 aromatic rings. The maximum Gasteiger partial charge on any atom is 0.272 e. The van der Waals surface area contributed by atoms with Gasteiger partial charge in [-0.25, -0.2) is 0 Å². The summed E-state index contributed by atoms with van der Waals surface area (Å²) in [4.78, 5) is 32.2. The average Bonchev–Trinajstić information content (AvgIpc) is 2.72. The second kappa shape index (κ2) is 8.33. The fourth-order valence-corrected chi connectivity index (χ4v) is 2.78. The van der Waals surface area contributed by atoms with Gasteiger partial charge in [0.25, 0.3) is 11.8 Å². The SMILES string of the molecule is COc1ccccc1OCC(=O)N1CCN(C(=O)c2ccccn2)CC1. The number of pyridine rings is 1. The highest BCUT2D eigenvalue weighted by Gasteiger charge is 2.25. The van der Waals surface area contributed by atoms with Crippen molar-refractivity contribution < 1.29 is 19.1 Å². The van der Waals surface area contributed by atoms with Crippen LogP contribution in [0, 0.1) is 0 Å². The first-order valence-electron chi connectivity index (χ1n) is 8.43. The van der Waals surface area contributed by atoms with Gasteiger partial charge < -0.3 is 19.3 Å². The van der Waals surface area contributed by atoms with Crippen molar-refractivity contribution in [2.45, 2.75) is 0 Å². The normalized spacial score (nSPS) is 14.0. The van der Waals surface area contributed by atoms with Crippen LogP contribution < -0.4 is 9.47 Å². The van der Waals surface area contributed by atoms with Gasteiger partial charge in [0, 0.05) is 32.4 Å². The van der Waals surface area contributed by atoms with Crippen LogP contribution in [0.25, 0.3) is 0 Å². The third kappa shape index (κ3) is 4.11. The number of ether oxygens (including phenoxy) is 2. The Kier molecular flexibility index (Phi) is 5.68. The van der Waals surface area contributed by atoms with Gasteiger partial charge >= 0.3 is 0 Å². The van der Waals surface area contributed by atoms with Gasteiger partial charge in [0.05, 0.1) is 7.11 Å². The second-order valence-corrected chi connectivity index (χ2v) is 5.83. The molecule has 1 fully saturated rings. The molecular formula is C19H21N3O4. The molecule has 1 aliphatic heterocycles. The number of carbonyl (C=O) groups excluding carboxylic acids is 2. The van der Waals surface area contributed by atoms with Gasteiger partial charge in [0.1, 0.15) is 5.69 Å². The number of piperazine rings is 1. The van der Waals surface area contributed by atoms with Gasteiger partial charge in [-0.1, -0.05) is 18.2 Å². The van der Waals surface area contributed by atoms with E-state index in [1.54, 1.807) is 53.4 Å². The number of carbonyl (C=O) groups is 2. The maximum absolute atomic E-state index is 12.4. The molecule has 7 heteroatoms. The van der Waals surface area contributed by atoms with E-state index in [2.05, 4.69) is 4.98 Å². The molecule has 3 rings (SSSR count). The molecule has 0 N–H and O–H groups in total. The van der Waals surface area contributed by atoms with Crippen molar-refractivity contribution in [1.29, 1.82) is 0 Å². The minimum absolute atomic E-state index is 0.0610. The Morgan fingerprint density at radius 1 is 0.962 bits per heavy atom. The molecule has 1 aromatic carbocycles. The predicted octanol–water partition coefficient (Wildman–Crippen LogP) is 1.45. The summed E-state index contributed by atoms with van der Waals surface area (Å²) in [5, 5.41) is 0. The lowest BCUT2D eigenvalue weighted by Gasteiger charge is -2.34.